The van der Waals surface area contributed by atoms with Gasteiger partial charge in [0.05, 0.1) is 23.7 Å². The van der Waals surface area contributed by atoms with E-state index in [1.165, 1.54) is 0 Å². The minimum Gasteiger partial charge on any atom is -0.353 e. The van der Waals surface area contributed by atoms with Gasteiger partial charge in [-0.05, 0) is 26.1 Å². The van der Waals surface area contributed by atoms with Gasteiger partial charge in [0.15, 0.2) is 9.84 Å². The average Bonchev–Trinajstić information content (AvgIpc) is 2.55. The summed E-state index contributed by atoms with van der Waals surface area (Å²) in [4.78, 5) is 20.3. The number of hydrogen-bond donors (Lipinski definition) is 1. The molecule has 7 nitrogen and oxygen atoms in total. The van der Waals surface area contributed by atoms with E-state index in [-0.39, 0.29) is 30.0 Å². The monoisotopic (exact) mass is 354 g/mol. The summed E-state index contributed by atoms with van der Waals surface area (Å²) in [5.41, 5.74) is 0.993. The Kier molecular flexibility index (Phi) is 6.70. The average molecular weight is 354 g/mol. The Hall–Kier alpha value is -1.51. The molecule has 1 N–H and O–H groups in total. The minimum absolute atomic E-state index is 0.0626. The Balaban J connectivity index is 1.69. The molecule has 2 heterocycles. The summed E-state index contributed by atoms with van der Waals surface area (Å²) in [5, 5.41) is 2.93. The summed E-state index contributed by atoms with van der Waals surface area (Å²) in [5.74, 6) is 0.222. The van der Waals surface area contributed by atoms with Gasteiger partial charge in [-0.2, -0.15) is 0 Å². The summed E-state index contributed by atoms with van der Waals surface area (Å²) in [7, 11) is -0.903. The number of carbonyl (C=O) groups is 1. The lowest BCUT2D eigenvalue weighted by atomic mass is 10.2. The predicted molar refractivity (Wildman–Crippen MR) is 93.3 cm³/mol. The fraction of sp³-hybridized carbons (Fsp3) is 0.625. The summed E-state index contributed by atoms with van der Waals surface area (Å²) in [6.45, 7) is 4.45. The Morgan fingerprint density at radius 1 is 1.38 bits per heavy atom. The molecule has 1 unspecified atom stereocenters. The van der Waals surface area contributed by atoms with Crippen LogP contribution in [0.15, 0.2) is 24.4 Å². The molecule has 1 saturated heterocycles. The highest BCUT2D eigenvalue weighted by Gasteiger charge is 2.23. The molecule has 1 atom stereocenters. The van der Waals surface area contributed by atoms with Gasteiger partial charge in [0.25, 0.3) is 0 Å². The Bertz CT molecular complexity index is 622. The smallest absolute Gasteiger partial charge is 0.234 e. The molecule has 0 bridgehead atoms. The van der Waals surface area contributed by atoms with Crippen LogP contribution in [0.1, 0.15) is 12.6 Å². The van der Waals surface area contributed by atoms with Crippen LogP contribution in [0, 0.1) is 0 Å². The lowest BCUT2D eigenvalue weighted by Crippen LogP contribution is -2.47. The first-order valence-electron chi connectivity index (χ1n) is 8.15. The molecule has 0 aromatic carbocycles. The maximum atomic E-state index is 12.0. The van der Waals surface area contributed by atoms with Crippen molar-refractivity contribution in [1.29, 1.82) is 0 Å². The molecule has 1 fully saturated rings. The zero-order valence-electron chi connectivity index (χ0n) is 14.3. The maximum absolute atomic E-state index is 12.0. The minimum atomic E-state index is -2.90. The number of hydrogen-bond acceptors (Lipinski definition) is 6. The van der Waals surface area contributed by atoms with Crippen LogP contribution < -0.4 is 5.32 Å². The van der Waals surface area contributed by atoms with Crippen LogP contribution in [0.5, 0.6) is 0 Å². The number of sulfone groups is 1. The van der Waals surface area contributed by atoms with E-state index in [0.29, 0.717) is 19.6 Å². The molecule has 2 rings (SSSR count). The molecule has 0 radical (unpaired) electrons. The van der Waals surface area contributed by atoms with Gasteiger partial charge in [-0.3, -0.25) is 19.6 Å². The van der Waals surface area contributed by atoms with Crippen LogP contribution >= 0.6 is 0 Å². The summed E-state index contributed by atoms with van der Waals surface area (Å²) in [6, 6.07) is 6.00. The van der Waals surface area contributed by atoms with E-state index in [4.69, 9.17) is 0 Å². The second-order valence-electron chi connectivity index (χ2n) is 6.32. The first kappa shape index (κ1) is 18.8. The number of amides is 1. The Morgan fingerprint density at radius 3 is 2.71 bits per heavy atom. The van der Waals surface area contributed by atoms with Crippen molar-refractivity contribution in [2.24, 2.45) is 0 Å². The molecule has 1 aromatic heterocycles. The third kappa shape index (κ3) is 6.18. The SMILES string of the molecule is CC(CNC(=O)CN1CCS(=O)(=O)CC1)N(C)Cc1ccccn1. The van der Waals surface area contributed by atoms with E-state index < -0.39 is 9.84 Å². The van der Waals surface area contributed by atoms with Crippen molar-refractivity contribution in [2.45, 2.75) is 19.5 Å². The van der Waals surface area contributed by atoms with Crippen LogP contribution in [-0.2, 0) is 21.2 Å². The molecule has 24 heavy (non-hydrogen) atoms. The lowest BCUT2D eigenvalue weighted by Gasteiger charge is -2.27. The van der Waals surface area contributed by atoms with E-state index in [0.717, 1.165) is 12.2 Å². The Labute approximate surface area is 144 Å². The normalized spacial score (nSPS) is 19.1. The van der Waals surface area contributed by atoms with Crippen molar-refractivity contribution in [3.8, 4) is 0 Å². The van der Waals surface area contributed by atoms with Crippen LogP contribution in [0.3, 0.4) is 0 Å². The largest absolute Gasteiger partial charge is 0.353 e. The van der Waals surface area contributed by atoms with Crippen molar-refractivity contribution in [2.75, 3.05) is 44.7 Å². The summed E-state index contributed by atoms with van der Waals surface area (Å²) < 4.78 is 22.8. The molecule has 1 aliphatic rings. The van der Waals surface area contributed by atoms with Gasteiger partial charge in [-0.25, -0.2) is 8.42 Å². The lowest BCUT2D eigenvalue weighted by molar-refractivity contribution is -0.122. The second-order valence-corrected chi connectivity index (χ2v) is 8.62. The predicted octanol–water partition coefficient (Wildman–Crippen LogP) is -0.251. The van der Waals surface area contributed by atoms with E-state index in [1.54, 1.807) is 6.20 Å². The van der Waals surface area contributed by atoms with Crippen molar-refractivity contribution in [3.63, 3.8) is 0 Å². The number of nitrogens with zero attached hydrogens (tertiary/aromatic N) is 3. The highest BCUT2D eigenvalue weighted by molar-refractivity contribution is 7.91. The number of carbonyl (C=O) groups excluding carboxylic acids is 1. The van der Waals surface area contributed by atoms with E-state index in [9.17, 15) is 13.2 Å². The number of nitrogens with one attached hydrogen (secondary N) is 1. The molecule has 134 valence electrons. The van der Waals surface area contributed by atoms with Crippen molar-refractivity contribution in [1.82, 2.24) is 20.1 Å². The maximum Gasteiger partial charge on any atom is 0.234 e. The summed E-state index contributed by atoms with van der Waals surface area (Å²) in [6.07, 6.45) is 1.77. The molecular formula is C16H26N4O3S. The third-order valence-electron chi connectivity index (χ3n) is 4.29. The van der Waals surface area contributed by atoms with Crippen LogP contribution in [0.4, 0.5) is 0 Å². The molecule has 8 heteroatoms. The molecule has 1 amide bonds. The first-order chi connectivity index (χ1) is 11.4. The first-order valence-corrected chi connectivity index (χ1v) is 9.97. The highest BCUT2D eigenvalue weighted by atomic mass is 32.2. The molecule has 1 aliphatic heterocycles. The van der Waals surface area contributed by atoms with Crippen LogP contribution in [-0.4, -0.2) is 79.9 Å². The molecule has 0 aliphatic carbocycles. The van der Waals surface area contributed by atoms with Gasteiger partial charge in [0.2, 0.25) is 5.91 Å². The topological polar surface area (TPSA) is 82.6 Å². The quantitative estimate of drug-likeness (QED) is 0.727. The van der Waals surface area contributed by atoms with Gasteiger partial charge in [0.1, 0.15) is 0 Å². The second kappa shape index (κ2) is 8.55. The third-order valence-corrected chi connectivity index (χ3v) is 5.90. The number of likely N-dealkylation sites (N-methyl/N-ethyl adjacent to an activating group) is 1. The number of pyridine rings is 1. The number of rotatable bonds is 7. The van der Waals surface area contributed by atoms with Crippen LogP contribution in [0.25, 0.3) is 0 Å². The molecule has 1 aromatic rings. The highest BCUT2D eigenvalue weighted by Crippen LogP contribution is 2.04. The molecule has 0 saturated carbocycles. The van der Waals surface area contributed by atoms with Gasteiger partial charge in [-0.15, -0.1) is 0 Å². The zero-order chi connectivity index (χ0) is 17.6. The van der Waals surface area contributed by atoms with E-state index in [1.807, 2.05) is 30.1 Å². The van der Waals surface area contributed by atoms with Crippen molar-refractivity contribution >= 4 is 15.7 Å². The number of aromatic nitrogens is 1. The fourth-order valence-corrected chi connectivity index (χ4v) is 3.76. The standard InChI is InChI=1S/C16H26N4O3S/c1-14(19(2)12-15-5-3-4-6-17-15)11-18-16(21)13-20-7-9-24(22,23)10-8-20/h3-6,14H,7-13H2,1-2H3,(H,18,21). The van der Waals surface area contributed by atoms with E-state index >= 15 is 0 Å². The van der Waals surface area contributed by atoms with Gasteiger partial charge >= 0.3 is 0 Å². The zero-order valence-corrected chi connectivity index (χ0v) is 15.1. The van der Waals surface area contributed by atoms with E-state index in [2.05, 4.69) is 22.1 Å². The van der Waals surface area contributed by atoms with Crippen molar-refractivity contribution < 1.29 is 13.2 Å². The van der Waals surface area contributed by atoms with Crippen LogP contribution in [0.2, 0.25) is 0 Å². The summed E-state index contributed by atoms with van der Waals surface area (Å²) >= 11 is 0. The fourth-order valence-electron chi connectivity index (χ4n) is 2.49. The molecule has 0 spiro atoms. The van der Waals surface area contributed by atoms with Crippen molar-refractivity contribution in [3.05, 3.63) is 30.1 Å². The van der Waals surface area contributed by atoms with Gasteiger partial charge in [0, 0.05) is 38.4 Å². The van der Waals surface area contributed by atoms with Gasteiger partial charge < -0.3 is 5.32 Å². The Morgan fingerprint density at radius 2 is 2.08 bits per heavy atom. The molecular weight excluding hydrogens is 328 g/mol. The van der Waals surface area contributed by atoms with Gasteiger partial charge in [-0.1, -0.05) is 6.07 Å².